The van der Waals surface area contributed by atoms with Crippen molar-refractivity contribution in [1.29, 1.82) is 0 Å². The number of rotatable bonds is 5. The molecule has 5 nitrogen and oxygen atoms in total. The standard InChI is InChI=1S/C21H19ClN4O/c1-13(18-8-3-5-14-11-17(27-2)9-10-19(14)18)20-24-21(26-25-20)23-16-7-4-6-15(22)12-16/h3-13H,1-2H3,(H2,23,24,25,26). The Hall–Kier alpha value is -3.05. The van der Waals surface area contributed by atoms with Crippen molar-refractivity contribution in [3.8, 4) is 5.75 Å². The molecule has 0 aliphatic rings. The van der Waals surface area contributed by atoms with Gasteiger partial charge in [0.1, 0.15) is 11.6 Å². The number of nitrogens with zero attached hydrogens (tertiary/aromatic N) is 2. The summed E-state index contributed by atoms with van der Waals surface area (Å²) in [6.07, 6.45) is 0. The number of aromatic amines is 1. The molecule has 1 atom stereocenters. The predicted octanol–water partition coefficient (Wildman–Crippen LogP) is 5.52. The number of aromatic nitrogens is 3. The van der Waals surface area contributed by atoms with Crippen molar-refractivity contribution in [2.24, 2.45) is 0 Å². The Labute approximate surface area is 162 Å². The molecule has 0 aliphatic heterocycles. The number of anilines is 2. The third-order valence-corrected chi connectivity index (χ3v) is 4.82. The highest BCUT2D eigenvalue weighted by Gasteiger charge is 2.16. The molecule has 0 aliphatic carbocycles. The minimum atomic E-state index is 0.0597. The van der Waals surface area contributed by atoms with Crippen LogP contribution in [0.2, 0.25) is 5.02 Å². The monoisotopic (exact) mass is 378 g/mol. The molecule has 4 aromatic rings. The number of nitrogens with one attached hydrogen (secondary N) is 2. The fourth-order valence-corrected chi connectivity index (χ4v) is 3.35. The number of ether oxygens (including phenoxy) is 1. The molecule has 4 rings (SSSR count). The van der Waals surface area contributed by atoms with Gasteiger partial charge >= 0.3 is 0 Å². The van der Waals surface area contributed by atoms with Gasteiger partial charge in [-0.15, -0.1) is 5.10 Å². The van der Waals surface area contributed by atoms with Crippen LogP contribution >= 0.6 is 11.6 Å². The molecule has 0 saturated carbocycles. The van der Waals surface area contributed by atoms with Crippen LogP contribution in [0.1, 0.15) is 24.2 Å². The third kappa shape index (κ3) is 3.59. The molecule has 6 heteroatoms. The zero-order valence-corrected chi connectivity index (χ0v) is 15.8. The summed E-state index contributed by atoms with van der Waals surface area (Å²) in [5.74, 6) is 2.22. The maximum atomic E-state index is 6.03. The highest BCUT2D eigenvalue weighted by Crippen LogP contribution is 2.31. The minimum absolute atomic E-state index is 0.0597. The molecule has 1 aromatic heterocycles. The molecule has 1 heterocycles. The van der Waals surface area contributed by atoms with Gasteiger partial charge in [0.05, 0.1) is 7.11 Å². The average Bonchev–Trinajstić information content (AvgIpc) is 3.15. The molecule has 1 unspecified atom stereocenters. The lowest BCUT2D eigenvalue weighted by Gasteiger charge is -2.13. The van der Waals surface area contributed by atoms with Crippen molar-refractivity contribution in [1.82, 2.24) is 15.2 Å². The predicted molar refractivity (Wildman–Crippen MR) is 109 cm³/mol. The number of benzene rings is 3. The highest BCUT2D eigenvalue weighted by atomic mass is 35.5. The number of H-pyrrole nitrogens is 1. The van der Waals surface area contributed by atoms with Crippen LogP contribution in [0.4, 0.5) is 11.6 Å². The van der Waals surface area contributed by atoms with Gasteiger partial charge < -0.3 is 10.1 Å². The second-order valence-electron chi connectivity index (χ2n) is 6.34. The quantitative estimate of drug-likeness (QED) is 0.480. The van der Waals surface area contributed by atoms with Crippen LogP contribution in [0.5, 0.6) is 5.75 Å². The zero-order valence-electron chi connectivity index (χ0n) is 15.0. The van der Waals surface area contributed by atoms with Crippen LogP contribution in [0.3, 0.4) is 0 Å². The van der Waals surface area contributed by atoms with Crippen LogP contribution in [0.25, 0.3) is 10.8 Å². The van der Waals surface area contributed by atoms with Gasteiger partial charge in [0.25, 0.3) is 0 Å². The summed E-state index contributed by atoms with van der Waals surface area (Å²) < 4.78 is 5.33. The van der Waals surface area contributed by atoms with Crippen molar-refractivity contribution >= 4 is 34.0 Å². The van der Waals surface area contributed by atoms with E-state index in [4.69, 9.17) is 16.3 Å². The summed E-state index contributed by atoms with van der Waals surface area (Å²) in [6.45, 7) is 2.11. The van der Waals surface area contributed by atoms with Gasteiger partial charge in [0.15, 0.2) is 0 Å². The van der Waals surface area contributed by atoms with E-state index in [1.54, 1.807) is 7.11 Å². The van der Waals surface area contributed by atoms with E-state index >= 15 is 0 Å². The lowest BCUT2D eigenvalue weighted by atomic mass is 9.94. The number of hydrogen-bond acceptors (Lipinski definition) is 4. The molecule has 136 valence electrons. The molecule has 0 fully saturated rings. The van der Waals surface area contributed by atoms with Crippen molar-refractivity contribution < 1.29 is 4.74 Å². The summed E-state index contributed by atoms with van der Waals surface area (Å²) in [7, 11) is 1.68. The molecule has 0 amide bonds. The van der Waals surface area contributed by atoms with Crippen molar-refractivity contribution in [2.45, 2.75) is 12.8 Å². The van der Waals surface area contributed by atoms with Crippen LogP contribution in [0.15, 0.2) is 60.7 Å². The van der Waals surface area contributed by atoms with Gasteiger partial charge in [-0.3, -0.25) is 5.10 Å². The first-order chi connectivity index (χ1) is 13.1. The summed E-state index contributed by atoms with van der Waals surface area (Å²) in [5, 5.41) is 13.5. The summed E-state index contributed by atoms with van der Waals surface area (Å²) >= 11 is 6.03. The van der Waals surface area contributed by atoms with E-state index in [-0.39, 0.29) is 5.92 Å². The van der Waals surface area contributed by atoms with E-state index in [0.717, 1.165) is 22.6 Å². The van der Waals surface area contributed by atoms with E-state index in [1.165, 1.54) is 10.9 Å². The van der Waals surface area contributed by atoms with Gasteiger partial charge in [-0.25, -0.2) is 0 Å². The first-order valence-corrected chi connectivity index (χ1v) is 9.03. The van der Waals surface area contributed by atoms with Crippen LogP contribution < -0.4 is 10.1 Å². The maximum absolute atomic E-state index is 6.03. The van der Waals surface area contributed by atoms with E-state index in [9.17, 15) is 0 Å². The Morgan fingerprint density at radius 3 is 2.74 bits per heavy atom. The van der Waals surface area contributed by atoms with Crippen molar-refractivity contribution in [3.63, 3.8) is 0 Å². The fourth-order valence-electron chi connectivity index (χ4n) is 3.16. The van der Waals surface area contributed by atoms with Gasteiger partial charge in [-0.05, 0) is 46.7 Å². The lowest BCUT2D eigenvalue weighted by Crippen LogP contribution is -2.00. The number of hydrogen-bond donors (Lipinski definition) is 2. The number of halogens is 1. The van der Waals surface area contributed by atoms with E-state index in [1.807, 2.05) is 36.4 Å². The van der Waals surface area contributed by atoms with Gasteiger partial charge in [0.2, 0.25) is 5.95 Å². The average molecular weight is 379 g/mol. The molecule has 0 spiro atoms. The topological polar surface area (TPSA) is 62.8 Å². The molecular weight excluding hydrogens is 360 g/mol. The van der Waals surface area contributed by atoms with Crippen molar-refractivity contribution in [3.05, 3.63) is 77.1 Å². The normalized spacial score (nSPS) is 12.1. The smallest absolute Gasteiger partial charge is 0.246 e. The first-order valence-electron chi connectivity index (χ1n) is 8.65. The Balaban J connectivity index is 1.63. The van der Waals surface area contributed by atoms with Crippen molar-refractivity contribution in [2.75, 3.05) is 12.4 Å². The van der Waals surface area contributed by atoms with Crippen LogP contribution in [-0.2, 0) is 0 Å². The van der Waals surface area contributed by atoms with E-state index < -0.39 is 0 Å². The largest absolute Gasteiger partial charge is 0.497 e. The number of methoxy groups -OCH3 is 1. The molecular formula is C21H19ClN4O. The lowest BCUT2D eigenvalue weighted by molar-refractivity contribution is 0.415. The van der Waals surface area contributed by atoms with Crippen LogP contribution in [0, 0.1) is 0 Å². The summed E-state index contributed by atoms with van der Waals surface area (Å²) in [5.41, 5.74) is 2.03. The molecule has 3 aromatic carbocycles. The fraction of sp³-hybridized carbons (Fsp3) is 0.143. The summed E-state index contributed by atoms with van der Waals surface area (Å²) in [4.78, 5) is 4.61. The van der Waals surface area contributed by atoms with Gasteiger partial charge in [0, 0.05) is 16.6 Å². The van der Waals surface area contributed by atoms with E-state index in [2.05, 4.69) is 51.7 Å². The molecule has 0 bridgehead atoms. The third-order valence-electron chi connectivity index (χ3n) is 4.58. The second-order valence-corrected chi connectivity index (χ2v) is 6.77. The van der Waals surface area contributed by atoms with Gasteiger partial charge in [-0.2, -0.15) is 4.98 Å². The molecule has 0 saturated heterocycles. The SMILES string of the molecule is COc1ccc2c(C(C)c3nc(Nc4cccc(Cl)c4)n[nH]3)cccc2c1. The maximum Gasteiger partial charge on any atom is 0.246 e. The van der Waals surface area contributed by atoms with Gasteiger partial charge in [-0.1, -0.05) is 48.9 Å². The first kappa shape index (κ1) is 17.4. The van der Waals surface area contributed by atoms with E-state index in [0.29, 0.717) is 11.0 Å². The second kappa shape index (κ2) is 7.29. The summed E-state index contributed by atoms with van der Waals surface area (Å²) in [6, 6.07) is 19.8. The Morgan fingerprint density at radius 1 is 1.07 bits per heavy atom. The minimum Gasteiger partial charge on any atom is -0.497 e. The van der Waals surface area contributed by atoms with Crippen LogP contribution in [-0.4, -0.2) is 22.3 Å². The molecule has 0 radical (unpaired) electrons. The highest BCUT2D eigenvalue weighted by molar-refractivity contribution is 6.30. The zero-order chi connectivity index (χ0) is 18.8. The Bertz CT molecular complexity index is 1090. The molecule has 27 heavy (non-hydrogen) atoms. The molecule has 2 N–H and O–H groups in total. The Morgan fingerprint density at radius 2 is 1.93 bits per heavy atom. The Kier molecular flexibility index (Phi) is 4.69. The number of fused-ring (bicyclic) bond motifs is 1.